The number of nitrogens with one attached hydrogen (secondary N) is 1. The van der Waals surface area contributed by atoms with E-state index >= 15 is 0 Å². The van der Waals surface area contributed by atoms with Crippen LogP contribution in [0.5, 0.6) is 5.75 Å². The van der Waals surface area contributed by atoms with Crippen LogP contribution in [0.3, 0.4) is 0 Å². The van der Waals surface area contributed by atoms with Crippen molar-refractivity contribution < 1.29 is 18.3 Å². The van der Waals surface area contributed by atoms with E-state index in [9.17, 15) is 13.6 Å². The summed E-state index contributed by atoms with van der Waals surface area (Å²) >= 11 is 0. The smallest absolute Gasteiger partial charge is 0.262 e. The van der Waals surface area contributed by atoms with Crippen LogP contribution in [0.1, 0.15) is 0 Å². The van der Waals surface area contributed by atoms with E-state index in [0.717, 1.165) is 6.07 Å². The summed E-state index contributed by atoms with van der Waals surface area (Å²) < 4.78 is 31.5. The Labute approximate surface area is 114 Å². The lowest BCUT2D eigenvalue weighted by atomic mass is 10.3. The standard InChI is InChI=1S/C14H12F2N2O2/c15-9-4-3-6-11(14(9)16)18-13(19)8-20-12-7-2-1-5-10(12)17/h1-7H,8,17H2,(H,18,19). The van der Waals surface area contributed by atoms with Crippen LogP contribution in [0.15, 0.2) is 42.5 Å². The van der Waals surface area contributed by atoms with Gasteiger partial charge in [-0.3, -0.25) is 4.79 Å². The van der Waals surface area contributed by atoms with E-state index < -0.39 is 17.5 Å². The largest absolute Gasteiger partial charge is 0.482 e. The van der Waals surface area contributed by atoms with E-state index in [4.69, 9.17) is 10.5 Å². The van der Waals surface area contributed by atoms with Crippen molar-refractivity contribution in [2.24, 2.45) is 0 Å². The molecule has 3 N–H and O–H groups in total. The van der Waals surface area contributed by atoms with Crippen molar-refractivity contribution in [3.05, 3.63) is 54.1 Å². The first kappa shape index (κ1) is 13.8. The van der Waals surface area contributed by atoms with E-state index in [-0.39, 0.29) is 12.3 Å². The van der Waals surface area contributed by atoms with Crippen LogP contribution in [0, 0.1) is 11.6 Å². The Bertz CT molecular complexity index is 632. The van der Waals surface area contributed by atoms with Crippen LogP contribution in [0.2, 0.25) is 0 Å². The Morgan fingerprint density at radius 3 is 2.65 bits per heavy atom. The number of benzene rings is 2. The van der Waals surface area contributed by atoms with Crippen LogP contribution in [0.4, 0.5) is 20.2 Å². The molecule has 0 aliphatic carbocycles. The number of anilines is 2. The summed E-state index contributed by atoms with van der Waals surface area (Å²) in [5.74, 6) is -2.41. The monoisotopic (exact) mass is 278 g/mol. The minimum absolute atomic E-state index is 0.236. The Morgan fingerprint density at radius 2 is 1.90 bits per heavy atom. The van der Waals surface area contributed by atoms with Crippen LogP contribution in [-0.2, 0) is 4.79 Å². The molecule has 20 heavy (non-hydrogen) atoms. The summed E-state index contributed by atoms with van der Waals surface area (Å²) in [6.07, 6.45) is 0. The van der Waals surface area contributed by atoms with Gasteiger partial charge < -0.3 is 15.8 Å². The number of halogens is 2. The molecule has 4 nitrogen and oxygen atoms in total. The molecular formula is C14H12F2N2O2. The van der Waals surface area contributed by atoms with Crippen LogP contribution in [-0.4, -0.2) is 12.5 Å². The molecule has 0 unspecified atom stereocenters. The van der Waals surface area contributed by atoms with Gasteiger partial charge in [0.15, 0.2) is 18.2 Å². The molecule has 6 heteroatoms. The molecule has 1 amide bonds. The van der Waals surface area contributed by atoms with Gasteiger partial charge in [0.1, 0.15) is 5.75 Å². The van der Waals surface area contributed by atoms with Gasteiger partial charge in [-0.25, -0.2) is 8.78 Å². The van der Waals surface area contributed by atoms with Crippen molar-refractivity contribution in [1.29, 1.82) is 0 Å². The molecule has 0 fully saturated rings. The number of carbonyl (C=O) groups excluding carboxylic acids is 1. The number of hydrogen-bond donors (Lipinski definition) is 2. The minimum Gasteiger partial charge on any atom is -0.482 e. The molecule has 0 aliphatic heterocycles. The number of nitrogens with two attached hydrogens (primary N) is 1. The Hall–Kier alpha value is -2.63. The predicted octanol–water partition coefficient (Wildman–Crippen LogP) is 2.56. The molecule has 0 heterocycles. The van der Waals surface area contributed by atoms with Crippen LogP contribution >= 0.6 is 0 Å². The minimum atomic E-state index is -1.11. The normalized spacial score (nSPS) is 10.1. The lowest BCUT2D eigenvalue weighted by Gasteiger charge is -2.09. The van der Waals surface area contributed by atoms with Crippen molar-refractivity contribution in [1.82, 2.24) is 0 Å². The zero-order chi connectivity index (χ0) is 14.5. The molecule has 0 spiro atoms. The highest BCUT2D eigenvalue weighted by Crippen LogP contribution is 2.20. The maximum Gasteiger partial charge on any atom is 0.262 e. The van der Waals surface area contributed by atoms with Gasteiger partial charge in [0, 0.05) is 0 Å². The van der Waals surface area contributed by atoms with Gasteiger partial charge in [-0.1, -0.05) is 18.2 Å². The molecule has 0 saturated carbocycles. The highest BCUT2D eigenvalue weighted by molar-refractivity contribution is 5.92. The van der Waals surface area contributed by atoms with Crippen molar-refractivity contribution in [2.75, 3.05) is 17.7 Å². The third-order valence-corrected chi connectivity index (χ3v) is 2.50. The molecule has 104 valence electrons. The number of amides is 1. The maximum absolute atomic E-state index is 13.3. The molecule has 0 aliphatic rings. The molecule has 0 atom stereocenters. The fourth-order valence-electron chi connectivity index (χ4n) is 1.54. The second-order valence-corrected chi connectivity index (χ2v) is 3.98. The number of para-hydroxylation sites is 2. The second kappa shape index (κ2) is 6.01. The first-order valence-electron chi connectivity index (χ1n) is 5.79. The molecule has 2 aromatic rings. The first-order valence-corrected chi connectivity index (χ1v) is 5.79. The van der Waals surface area contributed by atoms with Crippen LogP contribution in [0.25, 0.3) is 0 Å². The molecule has 0 bridgehead atoms. The molecule has 2 aromatic carbocycles. The van der Waals surface area contributed by atoms with E-state index in [2.05, 4.69) is 5.32 Å². The van der Waals surface area contributed by atoms with Crippen molar-refractivity contribution >= 4 is 17.3 Å². The SMILES string of the molecule is Nc1ccccc1OCC(=O)Nc1cccc(F)c1F. The molecule has 0 saturated heterocycles. The average molecular weight is 278 g/mol. The number of rotatable bonds is 4. The fraction of sp³-hybridized carbons (Fsp3) is 0.0714. The van der Waals surface area contributed by atoms with Gasteiger partial charge >= 0.3 is 0 Å². The van der Waals surface area contributed by atoms with Crippen molar-refractivity contribution in [2.45, 2.75) is 0 Å². The lowest BCUT2D eigenvalue weighted by molar-refractivity contribution is -0.118. The molecule has 0 radical (unpaired) electrons. The summed E-state index contributed by atoms with van der Waals surface area (Å²) in [7, 11) is 0. The van der Waals surface area contributed by atoms with Gasteiger partial charge in [0.05, 0.1) is 11.4 Å². The first-order chi connectivity index (χ1) is 9.58. The highest BCUT2D eigenvalue weighted by Gasteiger charge is 2.11. The molecule has 0 aromatic heterocycles. The zero-order valence-electron chi connectivity index (χ0n) is 10.4. The number of hydrogen-bond acceptors (Lipinski definition) is 3. The highest BCUT2D eigenvalue weighted by atomic mass is 19.2. The molecule has 2 rings (SSSR count). The lowest BCUT2D eigenvalue weighted by Crippen LogP contribution is -2.21. The van der Waals surface area contributed by atoms with E-state index in [1.807, 2.05) is 0 Å². The maximum atomic E-state index is 13.3. The third kappa shape index (κ3) is 3.23. The van der Waals surface area contributed by atoms with Gasteiger partial charge in [-0.2, -0.15) is 0 Å². The summed E-state index contributed by atoms with van der Waals surface area (Å²) in [5.41, 5.74) is 5.79. The Balaban J connectivity index is 1.96. The summed E-state index contributed by atoms with van der Waals surface area (Å²) in [6.45, 7) is -0.357. The number of ether oxygens (including phenoxy) is 1. The molecular weight excluding hydrogens is 266 g/mol. The second-order valence-electron chi connectivity index (χ2n) is 3.98. The summed E-state index contributed by atoms with van der Waals surface area (Å²) in [6, 6.07) is 10.2. The third-order valence-electron chi connectivity index (χ3n) is 2.50. The van der Waals surface area contributed by atoms with Gasteiger partial charge in [-0.15, -0.1) is 0 Å². The van der Waals surface area contributed by atoms with Gasteiger partial charge in [-0.05, 0) is 24.3 Å². The summed E-state index contributed by atoms with van der Waals surface area (Å²) in [5, 5.41) is 2.22. The van der Waals surface area contributed by atoms with Crippen molar-refractivity contribution in [3.8, 4) is 5.75 Å². The van der Waals surface area contributed by atoms with Crippen LogP contribution < -0.4 is 15.8 Å². The number of carbonyl (C=O) groups is 1. The average Bonchev–Trinajstić information content (AvgIpc) is 2.43. The van der Waals surface area contributed by atoms with Gasteiger partial charge in [0.25, 0.3) is 5.91 Å². The summed E-state index contributed by atoms with van der Waals surface area (Å²) in [4.78, 5) is 11.6. The van der Waals surface area contributed by atoms with E-state index in [1.165, 1.54) is 12.1 Å². The van der Waals surface area contributed by atoms with E-state index in [0.29, 0.717) is 11.4 Å². The fourth-order valence-corrected chi connectivity index (χ4v) is 1.54. The Kier molecular flexibility index (Phi) is 4.14. The van der Waals surface area contributed by atoms with Crippen molar-refractivity contribution in [3.63, 3.8) is 0 Å². The van der Waals surface area contributed by atoms with E-state index in [1.54, 1.807) is 24.3 Å². The predicted molar refractivity (Wildman–Crippen MR) is 71.3 cm³/mol. The number of nitrogen functional groups attached to an aromatic ring is 1. The Morgan fingerprint density at radius 1 is 1.15 bits per heavy atom. The van der Waals surface area contributed by atoms with Gasteiger partial charge in [0.2, 0.25) is 0 Å². The topological polar surface area (TPSA) is 64.3 Å². The quantitative estimate of drug-likeness (QED) is 0.845. The zero-order valence-corrected chi connectivity index (χ0v) is 10.4.